The van der Waals surface area contributed by atoms with E-state index < -0.39 is 12.1 Å². The minimum atomic E-state index is -0.602. The Bertz CT molecular complexity index is 1780. The van der Waals surface area contributed by atoms with Gasteiger partial charge in [-0.1, -0.05) is 42.5 Å². The van der Waals surface area contributed by atoms with Gasteiger partial charge in [0.25, 0.3) is 0 Å². The summed E-state index contributed by atoms with van der Waals surface area (Å²) in [6.45, 7) is 3.76. The van der Waals surface area contributed by atoms with Gasteiger partial charge in [-0.25, -0.2) is 4.79 Å². The fraction of sp³-hybridized carbons (Fsp3) is 0.270. The molecule has 1 aliphatic rings. The molecule has 2 atom stereocenters. The predicted molar refractivity (Wildman–Crippen MR) is 176 cm³/mol. The van der Waals surface area contributed by atoms with Gasteiger partial charge in [0.05, 0.1) is 40.6 Å². The lowest BCUT2D eigenvalue weighted by Gasteiger charge is -2.43. The number of para-hydroxylation sites is 1. The second-order valence-electron chi connectivity index (χ2n) is 11.3. The van der Waals surface area contributed by atoms with Gasteiger partial charge >= 0.3 is 5.97 Å². The molecular weight excluding hydrogens is 568 g/mol. The third kappa shape index (κ3) is 5.52. The number of aromatic amines is 1. The summed E-state index contributed by atoms with van der Waals surface area (Å²) in [5.41, 5.74) is 6.96. The molecule has 1 aromatic heterocycles. The van der Waals surface area contributed by atoms with Gasteiger partial charge in [0, 0.05) is 28.7 Å². The molecule has 0 radical (unpaired) electrons. The number of methoxy groups -OCH3 is 4. The van der Waals surface area contributed by atoms with Gasteiger partial charge in [0.15, 0.2) is 11.5 Å². The number of rotatable bonds is 9. The van der Waals surface area contributed by atoms with Crippen molar-refractivity contribution < 1.29 is 28.5 Å². The van der Waals surface area contributed by atoms with Crippen LogP contribution in [0.4, 0.5) is 5.69 Å². The topological polar surface area (TPSA) is 82.3 Å². The number of carbonyl (C=O) groups excluding carboxylic acids is 1. The Morgan fingerprint density at radius 1 is 0.800 bits per heavy atom. The predicted octanol–water partition coefficient (Wildman–Crippen LogP) is 7.34. The van der Waals surface area contributed by atoms with Crippen molar-refractivity contribution in [2.45, 2.75) is 38.5 Å². The summed E-state index contributed by atoms with van der Waals surface area (Å²) in [5.74, 6) is 2.09. The Morgan fingerprint density at radius 2 is 1.42 bits per heavy atom. The highest BCUT2D eigenvalue weighted by Crippen LogP contribution is 2.48. The summed E-state index contributed by atoms with van der Waals surface area (Å²) < 4.78 is 28.4. The molecule has 45 heavy (non-hydrogen) atoms. The lowest BCUT2D eigenvalue weighted by molar-refractivity contribution is -0.149. The number of hydrogen-bond acceptors (Lipinski definition) is 7. The summed E-state index contributed by atoms with van der Waals surface area (Å²) >= 11 is 0. The maximum atomic E-state index is 14.0. The summed E-state index contributed by atoms with van der Waals surface area (Å²) in [7, 11) is 6.46. The van der Waals surface area contributed by atoms with E-state index in [0.717, 1.165) is 50.3 Å². The molecule has 1 N–H and O–H groups in total. The molecule has 0 saturated heterocycles. The highest BCUT2D eigenvalue weighted by molar-refractivity contribution is 5.90. The number of nitrogens with one attached hydrogen (secondary N) is 1. The van der Waals surface area contributed by atoms with Crippen molar-refractivity contribution in [2.24, 2.45) is 0 Å². The first kappa shape index (κ1) is 29.9. The van der Waals surface area contributed by atoms with Crippen molar-refractivity contribution in [1.29, 1.82) is 0 Å². The lowest BCUT2D eigenvalue weighted by atomic mass is 9.87. The van der Waals surface area contributed by atoms with Crippen LogP contribution < -0.4 is 23.8 Å². The van der Waals surface area contributed by atoms with Crippen LogP contribution in [0.5, 0.6) is 23.0 Å². The fourth-order valence-corrected chi connectivity index (χ4v) is 6.32. The average Bonchev–Trinajstić information content (AvgIpc) is 3.45. The van der Waals surface area contributed by atoms with Crippen LogP contribution in [0.2, 0.25) is 0 Å². The smallest absolute Gasteiger partial charge is 0.329 e. The summed E-state index contributed by atoms with van der Waals surface area (Å²) in [5, 5.41) is 1.08. The largest absolute Gasteiger partial charge is 0.497 e. The van der Waals surface area contributed by atoms with Gasteiger partial charge in [-0.3, -0.25) is 0 Å². The molecule has 2 heterocycles. The lowest BCUT2D eigenvalue weighted by Crippen LogP contribution is -2.50. The monoisotopic (exact) mass is 606 g/mol. The fourth-order valence-electron chi connectivity index (χ4n) is 6.32. The summed E-state index contributed by atoms with van der Waals surface area (Å²) in [4.78, 5) is 19.8. The minimum absolute atomic E-state index is 0.263. The van der Waals surface area contributed by atoms with Crippen molar-refractivity contribution in [1.82, 2.24) is 4.98 Å². The highest BCUT2D eigenvalue weighted by atomic mass is 16.5. The van der Waals surface area contributed by atoms with Crippen LogP contribution >= 0.6 is 0 Å². The Hall–Kier alpha value is -5.11. The second-order valence-corrected chi connectivity index (χ2v) is 11.3. The van der Waals surface area contributed by atoms with Crippen LogP contribution in [0.25, 0.3) is 22.0 Å². The first-order valence-electron chi connectivity index (χ1n) is 15.0. The number of carbonyl (C=O) groups is 1. The second kappa shape index (κ2) is 12.5. The van der Waals surface area contributed by atoms with Crippen LogP contribution in [0, 0.1) is 0 Å². The van der Waals surface area contributed by atoms with E-state index in [9.17, 15) is 4.79 Å². The molecule has 8 nitrogen and oxygen atoms in total. The number of nitrogens with zero attached hydrogens (tertiary/aromatic N) is 1. The number of H-pyrrole nitrogens is 1. The number of fused-ring (bicyclic) bond motifs is 3. The third-order valence-electron chi connectivity index (χ3n) is 8.35. The number of hydrogen-bond donors (Lipinski definition) is 1. The molecule has 0 amide bonds. The van der Waals surface area contributed by atoms with Gasteiger partial charge in [0.1, 0.15) is 11.8 Å². The Kier molecular flexibility index (Phi) is 8.30. The number of aromatic nitrogens is 1. The van der Waals surface area contributed by atoms with E-state index in [1.54, 1.807) is 28.4 Å². The maximum Gasteiger partial charge on any atom is 0.329 e. The molecule has 0 spiro atoms. The number of anilines is 1. The van der Waals surface area contributed by atoms with Gasteiger partial charge in [0.2, 0.25) is 5.75 Å². The van der Waals surface area contributed by atoms with Crippen LogP contribution in [0.3, 0.4) is 0 Å². The average molecular weight is 607 g/mol. The molecule has 0 fully saturated rings. The van der Waals surface area contributed by atoms with Crippen molar-refractivity contribution >= 4 is 22.6 Å². The molecule has 0 unspecified atom stereocenters. The minimum Gasteiger partial charge on any atom is -0.497 e. The van der Waals surface area contributed by atoms with E-state index in [4.69, 9.17) is 23.7 Å². The molecular formula is C37H38N2O6. The quantitative estimate of drug-likeness (QED) is 0.176. The van der Waals surface area contributed by atoms with E-state index in [1.807, 2.05) is 62.4 Å². The zero-order valence-corrected chi connectivity index (χ0v) is 26.4. The van der Waals surface area contributed by atoms with E-state index in [2.05, 4.69) is 46.3 Å². The first-order chi connectivity index (χ1) is 21.9. The Labute approximate surface area is 263 Å². The van der Waals surface area contributed by atoms with Crippen LogP contribution in [0.15, 0.2) is 84.9 Å². The van der Waals surface area contributed by atoms with E-state index >= 15 is 0 Å². The molecule has 1 aliphatic heterocycles. The molecule has 0 aliphatic carbocycles. The van der Waals surface area contributed by atoms with Gasteiger partial charge in [-0.15, -0.1) is 0 Å². The molecule has 4 aromatic carbocycles. The molecule has 232 valence electrons. The van der Waals surface area contributed by atoms with E-state index in [0.29, 0.717) is 23.7 Å². The van der Waals surface area contributed by atoms with Crippen LogP contribution in [-0.2, 0) is 16.0 Å². The molecule has 0 bridgehead atoms. The first-order valence-corrected chi connectivity index (χ1v) is 15.0. The van der Waals surface area contributed by atoms with Crippen molar-refractivity contribution in [2.75, 3.05) is 33.3 Å². The van der Waals surface area contributed by atoms with Gasteiger partial charge in [-0.2, -0.15) is 0 Å². The summed E-state index contributed by atoms with van der Waals surface area (Å²) in [6, 6.07) is 27.3. The van der Waals surface area contributed by atoms with Crippen molar-refractivity contribution in [3.8, 4) is 34.1 Å². The maximum absolute atomic E-state index is 14.0. The molecule has 6 rings (SSSR count). The standard InChI is InChI=1S/C37H38N2O6/c1-22(2)45-37(40)31-21-29-28-9-7-8-10-30(28)38-34(29)35(25-19-32(42-4)36(44-6)33(20-25)43-5)39(31)26-15-11-23(12-16-26)24-13-17-27(41-3)18-14-24/h7-20,22,31,35,38H,21H2,1-6H3/t31-,35-/m0/s1. The third-order valence-corrected chi connectivity index (χ3v) is 8.35. The molecule has 0 saturated carbocycles. The number of esters is 1. The van der Waals surface area contributed by atoms with E-state index in [-0.39, 0.29) is 12.1 Å². The zero-order valence-electron chi connectivity index (χ0n) is 26.4. The van der Waals surface area contributed by atoms with Gasteiger partial charge in [-0.05, 0) is 78.6 Å². The van der Waals surface area contributed by atoms with Crippen LogP contribution in [0.1, 0.15) is 36.7 Å². The number of benzene rings is 4. The highest BCUT2D eigenvalue weighted by Gasteiger charge is 2.42. The van der Waals surface area contributed by atoms with Crippen molar-refractivity contribution in [3.05, 3.63) is 102 Å². The molecule has 5 aromatic rings. The molecule has 8 heteroatoms. The SMILES string of the molecule is COc1ccc(-c2ccc(N3[C@@H](c4cc(OC)c(OC)c(OC)c4)c4[nH]c5ccccc5c4C[C@H]3C(=O)OC(C)C)cc2)cc1. The Morgan fingerprint density at radius 3 is 2.00 bits per heavy atom. The van der Waals surface area contributed by atoms with Crippen molar-refractivity contribution in [3.63, 3.8) is 0 Å². The summed E-state index contributed by atoms with van der Waals surface area (Å²) in [6.07, 6.45) is 0.215. The van der Waals surface area contributed by atoms with E-state index in [1.165, 1.54) is 0 Å². The Balaban J connectivity index is 1.56. The zero-order chi connectivity index (χ0) is 31.7. The normalized spacial score (nSPS) is 15.9. The van der Waals surface area contributed by atoms with Crippen LogP contribution in [-0.4, -0.2) is 51.5 Å². The number of ether oxygens (including phenoxy) is 5. The van der Waals surface area contributed by atoms with Gasteiger partial charge < -0.3 is 33.6 Å².